The number of amides is 3. The number of fused-ring (bicyclic) bond motifs is 1. The Morgan fingerprint density at radius 2 is 1.48 bits per heavy atom. The molecular weight excluding hydrogens is 742 g/mol. The highest BCUT2D eigenvalue weighted by Gasteiger charge is 2.26. The molecule has 0 saturated heterocycles. The number of likely N-dealkylation sites (N-methyl/N-ethyl adjacent to an activating group) is 2. The lowest BCUT2D eigenvalue weighted by Crippen LogP contribution is -2.35. The fraction of sp³-hybridized carbons (Fsp3) is 0.580. The molecular formula is C50H78FN3O3S. The van der Waals surface area contributed by atoms with Crippen LogP contribution < -0.4 is 5.32 Å². The van der Waals surface area contributed by atoms with Crippen LogP contribution in [-0.4, -0.2) is 54.2 Å². The normalized spacial score (nSPS) is 15.3. The number of nitrogens with one attached hydrogen (secondary N) is 1. The van der Waals surface area contributed by atoms with Crippen LogP contribution in [0.3, 0.4) is 0 Å². The van der Waals surface area contributed by atoms with Crippen LogP contribution in [0.4, 0.5) is 4.39 Å². The van der Waals surface area contributed by atoms with Crippen molar-refractivity contribution in [2.45, 2.75) is 147 Å². The number of benzene rings is 1. The second-order valence-corrected chi connectivity index (χ2v) is 17.2. The molecule has 0 spiro atoms. The van der Waals surface area contributed by atoms with Gasteiger partial charge in [0.1, 0.15) is 0 Å². The van der Waals surface area contributed by atoms with E-state index in [1.807, 2.05) is 38.9 Å². The fourth-order valence-electron chi connectivity index (χ4n) is 6.88. The smallest absolute Gasteiger partial charge is 0.261 e. The summed E-state index contributed by atoms with van der Waals surface area (Å²) in [4.78, 5) is 46.0. The molecule has 324 valence electrons. The minimum absolute atomic E-state index is 0.0133. The van der Waals surface area contributed by atoms with Gasteiger partial charge in [-0.3, -0.25) is 14.4 Å². The van der Waals surface area contributed by atoms with Gasteiger partial charge in [-0.15, -0.1) is 11.3 Å². The quantitative estimate of drug-likeness (QED) is 0.120. The number of hydrogen-bond donors (Lipinski definition) is 1. The van der Waals surface area contributed by atoms with Crippen molar-refractivity contribution < 1.29 is 18.8 Å². The monoisotopic (exact) mass is 820 g/mol. The zero-order valence-corrected chi connectivity index (χ0v) is 39.6. The molecule has 1 heterocycles. The Labute approximate surface area is 357 Å². The molecule has 1 N–H and O–H groups in total. The van der Waals surface area contributed by atoms with Crippen LogP contribution in [-0.2, 0) is 22.4 Å². The zero-order valence-electron chi connectivity index (χ0n) is 38.7. The number of allylic oxidation sites excluding steroid dienone is 3. The lowest BCUT2D eigenvalue weighted by molar-refractivity contribution is -0.132. The lowest BCUT2D eigenvalue weighted by atomic mass is 9.83. The van der Waals surface area contributed by atoms with Crippen LogP contribution in [0.1, 0.15) is 165 Å². The van der Waals surface area contributed by atoms with Crippen molar-refractivity contribution in [2.75, 3.05) is 26.7 Å². The maximum atomic E-state index is 13.8. The Kier molecular flexibility index (Phi) is 23.7. The van der Waals surface area contributed by atoms with E-state index in [9.17, 15) is 18.8 Å². The first-order valence-electron chi connectivity index (χ1n) is 21.8. The third-order valence-corrected chi connectivity index (χ3v) is 13.0. The van der Waals surface area contributed by atoms with Crippen molar-refractivity contribution in [2.24, 2.45) is 17.8 Å². The maximum absolute atomic E-state index is 13.8. The summed E-state index contributed by atoms with van der Waals surface area (Å²) >= 11 is 1.64. The van der Waals surface area contributed by atoms with Crippen molar-refractivity contribution in [1.82, 2.24) is 15.1 Å². The van der Waals surface area contributed by atoms with E-state index in [4.69, 9.17) is 0 Å². The van der Waals surface area contributed by atoms with Crippen molar-refractivity contribution in [1.29, 1.82) is 0 Å². The van der Waals surface area contributed by atoms with Gasteiger partial charge in [0.15, 0.2) is 0 Å². The molecule has 58 heavy (non-hydrogen) atoms. The second-order valence-electron chi connectivity index (χ2n) is 16.1. The third kappa shape index (κ3) is 15.8. The minimum Gasteiger partial charge on any atom is -0.348 e. The fourth-order valence-corrected chi connectivity index (χ4v) is 8.05. The summed E-state index contributed by atoms with van der Waals surface area (Å²) in [5, 5.41) is 3.14. The summed E-state index contributed by atoms with van der Waals surface area (Å²) in [5.74, 6) is 0.324. The number of aryl methyl sites for hydroxylation is 2. The van der Waals surface area contributed by atoms with Gasteiger partial charge in [0.25, 0.3) is 11.8 Å². The van der Waals surface area contributed by atoms with E-state index < -0.39 is 0 Å². The average molecular weight is 820 g/mol. The minimum atomic E-state index is -0.333. The molecule has 0 fully saturated rings. The van der Waals surface area contributed by atoms with E-state index >= 15 is 0 Å². The van der Waals surface area contributed by atoms with Crippen molar-refractivity contribution in [3.05, 3.63) is 104 Å². The van der Waals surface area contributed by atoms with Crippen LogP contribution in [0.15, 0.2) is 77.8 Å². The van der Waals surface area contributed by atoms with E-state index in [0.717, 1.165) is 77.9 Å². The van der Waals surface area contributed by atoms with Crippen molar-refractivity contribution in [3.8, 4) is 0 Å². The molecule has 3 rings (SSSR count). The van der Waals surface area contributed by atoms with Crippen LogP contribution in [0.25, 0.3) is 0 Å². The zero-order chi connectivity index (χ0) is 44.3. The number of carbonyl (C=O) groups excluding carboxylic acids is 3. The summed E-state index contributed by atoms with van der Waals surface area (Å²) in [6.07, 6.45) is 9.60. The van der Waals surface area contributed by atoms with Gasteiger partial charge >= 0.3 is 0 Å². The van der Waals surface area contributed by atoms with Gasteiger partial charge < -0.3 is 15.1 Å². The highest BCUT2D eigenvalue weighted by molar-refractivity contribution is 7.14. The molecule has 5 unspecified atom stereocenters. The molecule has 8 heteroatoms. The predicted octanol–water partition coefficient (Wildman–Crippen LogP) is 13.0. The molecule has 0 bridgehead atoms. The molecule has 3 amide bonds. The molecule has 1 aromatic heterocycles. The second kappa shape index (κ2) is 26.3. The van der Waals surface area contributed by atoms with E-state index in [1.54, 1.807) is 16.2 Å². The topological polar surface area (TPSA) is 69.7 Å². The largest absolute Gasteiger partial charge is 0.348 e. The Morgan fingerprint density at radius 1 is 0.914 bits per heavy atom. The predicted molar refractivity (Wildman–Crippen MR) is 247 cm³/mol. The Morgan fingerprint density at radius 3 is 2.02 bits per heavy atom. The van der Waals surface area contributed by atoms with Gasteiger partial charge in [-0.05, 0) is 131 Å². The van der Waals surface area contributed by atoms with E-state index in [-0.39, 0.29) is 47.2 Å². The van der Waals surface area contributed by atoms with E-state index in [0.29, 0.717) is 18.0 Å². The first-order chi connectivity index (χ1) is 27.4. The number of thiophene rings is 1. The Bertz CT molecular complexity index is 1680. The van der Waals surface area contributed by atoms with Crippen LogP contribution in [0.5, 0.6) is 0 Å². The van der Waals surface area contributed by atoms with E-state index in [2.05, 4.69) is 111 Å². The highest BCUT2D eigenvalue weighted by atomic mass is 32.1. The summed E-state index contributed by atoms with van der Waals surface area (Å²) in [6, 6.07) is 10.4. The van der Waals surface area contributed by atoms with Crippen molar-refractivity contribution in [3.63, 3.8) is 0 Å². The first kappa shape index (κ1) is 52.2. The lowest BCUT2D eigenvalue weighted by Gasteiger charge is -2.27. The Hall–Kier alpha value is -3.78. The average Bonchev–Trinajstić information content (AvgIpc) is 3.68. The Balaban J connectivity index is 0.00000263. The summed E-state index contributed by atoms with van der Waals surface area (Å²) in [6.45, 7) is 35.6. The molecule has 1 aliphatic carbocycles. The standard InChI is InChI=1S/C45H67N3O3S.C3H5F.C2H6/c1-13-29(4)24-25-48(15-3)45(51)36(11)38-22-20-37(21-23-38)34(9)33(8)35(10)44(50)47(12)28-40(30(5)14-2)32(7)31(6)27-46-43(49)42-26-39-18-16-17-19-41(39)52-42;1-3(2)4;1-2/h20-23,26,28-30,33-34,36H,10,13-19,24-25,27H2,1-9,11-12H3,(H,46,49);1H2,2H3;1-2H3/b32-31+,40-28+;;. The van der Waals surface area contributed by atoms with Gasteiger partial charge in [0, 0.05) is 43.3 Å². The molecule has 1 aromatic carbocycles. The first-order valence-corrected chi connectivity index (χ1v) is 22.6. The number of hydrogen-bond acceptors (Lipinski definition) is 4. The van der Waals surface area contributed by atoms with Crippen LogP contribution in [0, 0.1) is 17.8 Å². The van der Waals surface area contributed by atoms with Gasteiger partial charge in [0.05, 0.1) is 16.6 Å². The number of rotatable bonds is 18. The van der Waals surface area contributed by atoms with Crippen LogP contribution in [0.2, 0.25) is 0 Å². The third-order valence-electron chi connectivity index (χ3n) is 11.8. The van der Waals surface area contributed by atoms with Crippen molar-refractivity contribution >= 4 is 29.1 Å². The van der Waals surface area contributed by atoms with Gasteiger partial charge in [-0.1, -0.05) is 105 Å². The maximum Gasteiger partial charge on any atom is 0.261 e. The molecule has 0 saturated carbocycles. The number of halogens is 1. The van der Waals surface area contributed by atoms with Gasteiger partial charge in [0.2, 0.25) is 5.91 Å². The summed E-state index contributed by atoms with van der Waals surface area (Å²) in [7, 11) is 1.81. The van der Waals surface area contributed by atoms with Gasteiger partial charge in [-0.2, -0.15) is 0 Å². The highest BCUT2D eigenvalue weighted by Crippen LogP contribution is 2.33. The molecule has 1 aliphatic rings. The molecule has 6 nitrogen and oxygen atoms in total. The molecule has 0 aliphatic heterocycles. The van der Waals surface area contributed by atoms with Crippen LogP contribution >= 0.6 is 11.3 Å². The molecule has 5 atom stereocenters. The van der Waals surface area contributed by atoms with E-state index in [1.165, 1.54) is 30.2 Å². The summed E-state index contributed by atoms with van der Waals surface area (Å²) < 4.78 is 10.8. The summed E-state index contributed by atoms with van der Waals surface area (Å²) in [5.41, 5.74) is 7.29. The number of carbonyl (C=O) groups is 3. The molecule has 2 aromatic rings. The van der Waals surface area contributed by atoms with Gasteiger partial charge in [-0.25, -0.2) is 4.39 Å². The SMILES string of the molecule is C=C(C(=O)N(C)/C=C(/C(C)=C(\C)CNC(=O)c1cc2c(s1)CCCC2)C(C)CC)C(C)C(C)c1ccc(C(C)C(=O)N(CC)CCC(C)CC)cc1.C=C(C)F.CC. The molecule has 0 radical (unpaired) electrons. The number of nitrogens with zero attached hydrogens (tertiary/aromatic N) is 2.